The second kappa shape index (κ2) is 4.95. The normalized spacial score (nSPS) is 29.9. The van der Waals surface area contributed by atoms with Gasteiger partial charge in [-0.3, -0.25) is 4.90 Å². The molecule has 1 saturated heterocycles. The first-order valence-electron chi connectivity index (χ1n) is 7.05. The van der Waals surface area contributed by atoms with Gasteiger partial charge in [0.05, 0.1) is 12.6 Å². The molecule has 2 aromatic rings. The Morgan fingerprint density at radius 3 is 3.15 bits per heavy atom. The minimum Gasteiger partial charge on any atom is -0.393 e. The quantitative estimate of drug-likeness (QED) is 0.937. The highest BCUT2D eigenvalue weighted by Crippen LogP contribution is 2.38. The van der Waals surface area contributed by atoms with Gasteiger partial charge in [-0.1, -0.05) is 5.16 Å². The molecule has 5 nitrogen and oxygen atoms in total. The van der Waals surface area contributed by atoms with E-state index in [-0.39, 0.29) is 6.10 Å². The Morgan fingerprint density at radius 2 is 2.35 bits per heavy atom. The Balaban J connectivity index is 1.43. The lowest BCUT2D eigenvalue weighted by atomic mass is 10.00. The third kappa shape index (κ3) is 2.17. The van der Waals surface area contributed by atoms with Gasteiger partial charge in [-0.05, 0) is 30.2 Å². The minimum absolute atomic E-state index is 0.117. The number of hydrogen-bond donors (Lipinski definition) is 1. The van der Waals surface area contributed by atoms with Gasteiger partial charge < -0.3 is 9.63 Å². The second-order valence-corrected chi connectivity index (χ2v) is 6.57. The number of hydrogen-bond acceptors (Lipinski definition) is 6. The van der Waals surface area contributed by atoms with E-state index < -0.39 is 0 Å². The van der Waals surface area contributed by atoms with Crippen LogP contribution in [0.15, 0.2) is 21.3 Å². The van der Waals surface area contributed by atoms with Crippen LogP contribution in [-0.2, 0) is 6.54 Å². The molecule has 2 fully saturated rings. The van der Waals surface area contributed by atoms with Crippen molar-refractivity contribution >= 4 is 11.3 Å². The molecule has 0 aromatic carbocycles. The van der Waals surface area contributed by atoms with Crippen molar-refractivity contribution in [1.82, 2.24) is 15.0 Å². The fraction of sp³-hybridized carbons (Fsp3) is 0.571. The van der Waals surface area contributed by atoms with Crippen molar-refractivity contribution in [3.05, 3.63) is 22.7 Å². The van der Waals surface area contributed by atoms with Crippen LogP contribution in [-0.4, -0.2) is 39.3 Å². The van der Waals surface area contributed by atoms with Crippen LogP contribution in [0.25, 0.3) is 11.4 Å². The van der Waals surface area contributed by atoms with E-state index in [1.807, 2.05) is 16.8 Å². The average Bonchev–Trinajstić information content (AvgIpc) is 3.17. The maximum atomic E-state index is 9.94. The topological polar surface area (TPSA) is 62.4 Å². The van der Waals surface area contributed by atoms with Crippen molar-refractivity contribution in [2.45, 2.75) is 25.5 Å². The number of aliphatic hydroxyl groups excluding tert-OH is 1. The molecule has 2 aliphatic rings. The molecule has 1 aliphatic carbocycles. The van der Waals surface area contributed by atoms with E-state index >= 15 is 0 Å². The van der Waals surface area contributed by atoms with E-state index in [9.17, 15) is 5.11 Å². The molecule has 2 aromatic heterocycles. The number of rotatable bonds is 3. The van der Waals surface area contributed by atoms with Crippen molar-refractivity contribution in [3.63, 3.8) is 0 Å². The summed E-state index contributed by atoms with van der Waals surface area (Å²) in [5.74, 6) is 2.42. The highest BCUT2D eigenvalue weighted by Gasteiger charge is 2.41. The average molecular weight is 291 g/mol. The Morgan fingerprint density at radius 1 is 1.40 bits per heavy atom. The van der Waals surface area contributed by atoms with Crippen LogP contribution in [0.3, 0.4) is 0 Å². The maximum Gasteiger partial charge on any atom is 0.241 e. The Hall–Kier alpha value is -1.24. The van der Waals surface area contributed by atoms with Gasteiger partial charge in [0, 0.05) is 30.0 Å². The molecule has 20 heavy (non-hydrogen) atoms. The molecule has 6 heteroatoms. The van der Waals surface area contributed by atoms with E-state index in [0.29, 0.717) is 30.1 Å². The first-order chi connectivity index (χ1) is 9.79. The summed E-state index contributed by atoms with van der Waals surface area (Å²) in [5.41, 5.74) is 1.01. The van der Waals surface area contributed by atoms with Crippen LogP contribution in [0, 0.1) is 11.8 Å². The van der Waals surface area contributed by atoms with Gasteiger partial charge in [-0.25, -0.2) is 0 Å². The smallest absolute Gasteiger partial charge is 0.241 e. The Kier molecular flexibility index (Phi) is 3.09. The highest BCUT2D eigenvalue weighted by atomic mass is 32.1. The van der Waals surface area contributed by atoms with E-state index in [1.54, 1.807) is 11.3 Å². The fourth-order valence-corrected chi connectivity index (χ4v) is 4.11. The standard InChI is InChI=1S/C14H17N3O2S/c18-12-2-1-9-5-17(6-11(9)12)7-13-15-14(16-19-13)10-3-4-20-8-10/h3-4,8-9,11-12,18H,1-2,5-7H2. The minimum atomic E-state index is -0.117. The zero-order valence-electron chi connectivity index (χ0n) is 11.1. The van der Waals surface area contributed by atoms with Crippen molar-refractivity contribution in [3.8, 4) is 11.4 Å². The lowest BCUT2D eigenvalue weighted by molar-refractivity contribution is 0.122. The van der Waals surface area contributed by atoms with Gasteiger partial charge in [-0.15, -0.1) is 0 Å². The molecular formula is C14H17N3O2S. The molecule has 1 N–H and O–H groups in total. The lowest BCUT2D eigenvalue weighted by Crippen LogP contribution is -2.24. The summed E-state index contributed by atoms with van der Waals surface area (Å²) in [6, 6.07) is 2.00. The molecule has 106 valence electrons. The van der Waals surface area contributed by atoms with E-state index in [2.05, 4.69) is 15.0 Å². The molecule has 3 unspecified atom stereocenters. The first-order valence-corrected chi connectivity index (χ1v) is 7.99. The number of thiophene rings is 1. The van der Waals surface area contributed by atoms with Crippen molar-refractivity contribution in [2.75, 3.05) is 13.1 Å². The number of aromatic nitrogens is 2. The summed E-state index contributed by atoms with van der Waals surface area (Å²) in [6.07, 6.45) is 1.99. The van der Waals surface area contributed by atoms with Gasteiger partial charge in [0.25, 0.3) is 0 Å². The molecule has 1 saturated carbocycles. The van der Waals surface area contributed by atoms with E-state index in [4.69, 9.17) is 4.52 Å². The largest absolute Gasteiger partial charge is 0.393 e. The second-order valence-electron chi connectivity index (χ2n) is 5.79. The highest BCUT2D eigenvalue weighted by molar-refractivity contribution is 7.08. The lowest BCUT2D eigenvalue weighted by Gasteiger charge is -2.15. The van der Waals surface area contributed by atoms with E-state index in [1.165, 1.54) is 0 Å². The summed E-state index contributed by atoms with van der Waals surface area (Å²) in [4.78, 5) is 6.78. The van der Waals surface area contributed by atoms with Crippen LogP contribution >= 0.6 is 11.3 Å². The Labute approximate surface area is 121 Å². The summed E-state index contributed by atoms with van der Waals surface area (Å²) in [5, 5.41) is 18.0. The van der Waals surface area contributed by atoms with E-state index in [0.717, 1.165) is 31.5 Å². The molecule has 0 bridgehead atoms. The van der Waals surface area contributed by atoms with Crippen molar-refractivity contribution in [1.29, 1.82) is 0 Å². The molecule has 0 radical (unpaired) electrons. The van der Waals surface area contributed by atoms with Crippen molar-refractivity contribution < 1.29 is 9.63 Å². The number of nitrogens with zero attached hydrogens (tertiary/aromatic N) is 3. The predicted octanol–water partition coefficient (Wildman–Crippen LogP) is 2.00. The van der Waals surface area contributed by atoms with Gasteiger partial charge in [0.15, 0.2) is 0 Å². The third-order valence-corrected chi connectivity index (χ3v) is 5.18. The number of aliphatic hydroxyl groups is 1. The molecule has 0 amide bonds. The van der Waals surface area contributed by atoms with Gasteiger partial charge >= 0.3 is 0 Å². The molecule has 1 aliphatic heterocycles. The Bertz CT molecular complexity index is 583. The molecule has 4 rings (SSSR count). The van der Waals surface area contributed by atoms with Crippen LogP contribution in [0.4, 0.5) is 0 Å². The van der Waals surface area contributed by atoms with Crippen LogP contribution < -0.4 is 0 Å². The molecule has 3 atom stereocenters. The zero-order valence-corrected chi connectivity index (χ0v) is 11.9. The first kappa shape index (κ1) is 12.5. The van der Waals surface area contributed by atoms with Gasteiger partial charge in [-0.2, -0.15) is 16.3 Å². The maximum absolute atomic E-state index is 9.94. The van der Waals surface area contributed by atoms with Crippen LogP contribution in [0.5, 0.6) is 0 Å². The SMILES string of the molecule is OC1CCC2CN(Cc3nc(-c4ccsc4)no3)CC12. The molecule has 3 heterocycles. The predicted molar refractivity (Wildman–Crippen MR) is 75.1 cm³/mol. The fourth-order valence-electron chi connectivity index (χ4n) is 3.48. The third-order valence-electron chi connectivity index (χ3n) is 4.50. The van der Waals surface area contributed by atoms with Gasteiger partial charge in [0.2, 0.25) is 11.7 Å². The number of fused-ring (bicyclic) bond motifs is 1. The monoisotopic (exact) mass is 291 g/mol. The number of likely N-dealkylation sites (tertiary alicyclic amines) is 1. The summed E-state index contributed by atoms with van der Waals surface area (Å²) in [7, 11) is 0. The van der Waals surface area contributed by atoms with Gasteiger partial charge in [0.1, 0.15) is 0 Å². The molecular weight excluding hydrogens is 274 g/mol. The summed E-state index contributed by atoms with van der Waals surface area (Å²) >= 11 is 1.63. The summed E-state index contributed by atoms with van der Waals surface area (Å²) < 4.78 is 5.34. The molecule has 0 spiro atoms. The zero-order chi connectivity index (χ0) is 13.5. The van der Waals surface area contributed by atoms with Crippen LogP contribution in [0.2, 0.25) is 0 Å². The van der Waals surface area contributed by atoms with Crippen molar-refractivity contribution in [2.24, 2.45) is 11.8 Å². The summed E-state index contributed by atoms with van der Waals surface area (Å²) in [6.45, 7) is 2.68. The van der Waals surface area contributed by atoms with Crippen LogP contribution in [0.1, 0.15) is 18.7 Å².